The third kappa shape index (κ3) is 5.31. The number of nitrogens with one attached hydrogen (secondary N) is 1. The first-order valence-corrected chi connectivity index (χ1v) is 20.7. The Morgan fingerprint density at radius 3 is 2.46 bits per heavy atom. The molecule has 13 atom stereocenters. The van der Waals surface area contributed by atoms with Crippen LogP contribution >= 0.6 is 0 Å². The fourth-order valence-corrected chi connectivity index (χ4v) is 13.2. The minimum absolute atomic E-state index is 0.0325. The summed E-state index contributed by atoms with van der Waals surface area (Å²) in [5, 5.41) is 19.9. The summed E-state index contributed by atoms with van der Waals surface area (Å²) in [5.41, 5.74) is 6.58. The van der Waals surface area contributed by atoms with Crippen molar-refractivity contribution in [2.45, 2.75) is 151 Å². The van der Waals surface area contributed by atoms with Gasteiger partial charge in [-0.25, -0.2) is 9.67 Å². The van der Waals surface area contributed by atoms with Crippen molar-refractivity contribution < 1.29 is 19.4 Å². The van der Waals surface area contributed by atoms with Crippen molar-refractivity contribution in [1.82, 2.24) is 20.1 Å². The molecule has 3 saturated carbocycles. The molecule has 4 aliphatic carbocycles. The van der Waals surface area contributed by atoms with E-state index in [9.17, 15) is 9.90 Å². The van der Waals surface area contributed by atoms with E-state index in [1.165, 1.54) is 5.57 Å². The zero-order valence-corrected chi connectivity index (χ0v) is 34.3. The van der Waals surface area contributed by atoms with Crippen molar-refractivity contribution in [2.75, 3.05) is 26.4 Å². The van der Waals surface area contributed by atoms with Gasteiger partial charge in [0.25, 0.3) is 0 Å². The first kappa shape index (κ1) is 38.5. The number of hydrogen-bond acceptors (Lipinski definition) is 7. The molecule has 6 aliphatic rings. The lowest BCUT2D eigenvalue weighted by Crippen LogP contribution is -2.70. The van der Waals surface area contributed by atoms with Crippen molar-refractivity contribution in [3.63, 3.8) is 0 Å². The van der Waals surface area contributed by atoms with Crippen LogP contribution in [0, 0.1) is 62.1 Å². The minimum atomic E-state index is -0.622. The molecular weight excluding hydrogens is 651 g/mol. The van der Waals surface area contributed by atoms with Gasteiger partial charge in [-0.2, -0.15) is 5.10 Å². The number of allylic oxidation sites excluding steroid dienone is 1. The van der Waals surface area contributed by atoms with Crippen LogP contribution in [0.5, 0.6) is 0 Å². The molecule has 9 nitrogen and oxygen atoms in total. The maximum atomic E-state index is 13.6. The summed E-state index contributed by atoms with van der Waals surface area (Å²) >= 11 is 0. The maximum absolute atomic E-state index is 13.6. The normalized spacial score (nSPS) is 45.0. The minimum Gasteiger partial charge on any atom is -0.481 e. The van der Waals surface area contributed by atoms with Crippen LogP contribution in [-0.4, -0.2) is 63.8 Å². The molecular formula is C43H71N5O4. The van der Waals surface area contributed by atoms with Crippen LogP contribution in [0.3, 0.4) is 0 Å². The zero-order valence-electron chi connectivity index (χ0n) is 34.3. The summed E-state index contributed by atoms with van der Waals surface area (Å²) in [4.78, 5) is 18.5. The van der Waals surface area contributed by atoms with Crippen molar-refractivity contribution >= 4 is 5.97 Å². The molecule has 1 aromatic rings. The second-order valence-electron chi connectivity index (χ2n) is 21.3. The molecule has 0 unspecified atom stereocenters. The first-order valence-electron chi connectivity index (χ1n) is 20.7. The SMILES string of the molecule is CC(C)[C@@H](C)[C@@]1(C)CC[C@]2(C)[C@H]3CC[C@@H]4[C@@]5(C)COC[C@@]4(C3=CC[C@@]2(C)[C@@H]1C(=O)O)[C@@H](OC[C@](C)(N)C(C)(C)C)[C@H](n1ncnc1[C@@H]1CCCN1)C5. The van der Waals surface area contributed by atoms with E-state index in [-0.39, 0.29) is 56.6 Å². The van der Waals surface area contributed by atoms with Gasteiger partial charge in [0, 0.05) is 11.0 Å². The zero-order chi connectivity index (χ0) is 37.9. The highest BCUT2D eigenvalue weighted by Gasteiger charge is 2.73. The molecule has 7 rings (SSSR count). The average Bonchev–Trinajstić information content (AvgIpc) is 3.76. The van der Waals surface area contributed by atoms with Crippen LogP contribution in [0.1, 0.15) is 145 Å². The monoisotopic (exact) mass is 722 g/mol. The van der Waals surface area contributed by atoms with E-state index in [2.05, 4.69) is 92.2 Å². The van der Waals surface area contributed by atoms with Gasteiger partial charge in [-0.1, -0.05) is 80.9 Å². The van der Waals surface area contributed by atoms with Gasteiger partial charge < -0.3 is 25.6 Å². The molecule has 52 heavy (non-hydrogen) atoms. The van der Waals surface area contributed by atoms with Gasteiger partial charge in [-0.15, -0.1) is 0 Å². The highest BCUT2D eigenvalue weighted by molar-refractivity contribution is 5.73. The third-order valence-corrected chi connectivity index (χ3v) is 17.6. The predicted octanol–water partition coefficient (Wildman–Crippen LogP) is 7.98. The van der Waals surface area contributed by atoms with E-state index in [0.717, 1.165) is 70.3 Å². The quantitative estimate of drug-likeness (QED) is 0.231. The largest absolute Gasteiger partial charge is 0.481 e. The van der Waals surface area contributed by atoms with Crippen molar-refractivity contribution in [3.8, 4) is 0 Å². The molecule has 2 saturated heterocycles. The van der Waals surface area contributed by atoms with Crippen LogP contribution in [0.25, 0.3) is 0 Å². The molecule has 0 amide bonds. The lowest BCUT2D eigenvalue weighted by molar-refractivity contribution is -0.255. The van der Waals surface area contributed by atoms with Crippen LogP contribution in [0.15, 0.2) is 18.0 Å². The van der Waals surface area contributed by atoms with E-state index in [1.807, 2.05) is 0 Å². The van der Waals surface area contributed by atoms with Gasteiger partial charge in [0.05, 0.1) is 43.9 Å². The third-order valence-electron chi connectivity index (χ3n) is 17.6. The summed E-state index contributed by atoms with van der Waals surface area (Å²) in [6.45, 7) is 27.9. The highest BCUT2D eigenvalue weighted by atomic mass is 16.5. The summed E-state index contributed by atoms with van der Waals surface area (Å²) in [6, 6.07) is 0.150. The first-order chi connectivity index (χ1) is 24.2. The summed E-state index contributed by atoms with van der Waals surface area (Å²) in [6.07, 6.45) is 12.0. The second kappa shape index (κ2) is 12.6. The molecule has 1 aromatic heterocycles. The fraction of sp³-hybridized carbons (Fsp3) is 0.884. The molecule has 2 aliphatic heterocycles. The fourth-order valence-electron chi connectivity index (χ4n) is 13.2. The van der Waals surface area contributed by atoms with Gasteiger partial charge in [0.15, 0.2) is 0 Å². The molecule has 2 bridgehead atoms. The van der Waals surface area contributed by atoms with Gasteiger partial charge in [0.1, 0.15) is 12.2 Å². The Balaban J connectivity index is 1.39. The number of carbonyl (C=O) groups is 1. The van der Waals surface area contributed by atoms with E-state index in [1.54, 1.807) is 6.33 Å². The van der Waals surface area contributed by atoms with E-state index in [0.29, 0.717) is 31.0 Å². The smallest absolute Gasteiger partial charge is 0.307 e. The topological polar surface area (TPSA) is 125 Å². The van der Waals surface area contributed by atoms with Crippen LogP contribution in [-0.2, 0) is 14.3 Å². The van der Waals surface area contributed by atoms with E-state index >= 15 is 0 Å². The lowest BCUT2D eigenvalue weighted by Gasteiger charge is -2.71. The lowest BCUT2D eigenvalue weighted by atomic mass is 9.34. The van der Waals surface area contributed by atoms with Crippen LogP contribution in [0.4, 0.5) is 0 Å². The number of carboxylic acids is 1. The number of fused-ring (bicyclic) bond motifs is 3. The Bertz CT molecular complexity index is 1560. The summed E-state index contributed by atoms with van der Waals surface area (Å²) in [7, 11) is 0. The van der Waals surface area contributed by atoms with Gasteiger partial charge in [-0.05, 0) is 116 Å². The van der Waals surface area contributed by atoms with Crippen molar-refractivity contribution in [2.24, 2.45) is 67.8 Å². The Labute approximate surface area is 314 Å². The molecule has 0 aromatic carbocycles. The van der Waals surface area contributed by atoms with Crippen molar-refractivity contribution in [1.29, 1.82) is 0 Å². The predicted molar refractivity (Wildman–Crippen MR) is 204 cm³/mol. The van der Waals surface area contributed by atoms with Crippen LogP contribution in [0.2, 0.25) is 0 Å². The summed E-state index contributed by atoms with van der Waals surface area (Å²) in [5.74, 6) is 1.31. The van der Waals surface area contributed by atoms with Gasteiger partial charge in [0.2, 0.25) is 0 Å². The summed E-state index contributed by atoms with van der Waals surface area (Å²) < 4.78 is 16.5. The number of aromatic nitrogens is 3. The molecule has 0 spiro atoms. The Hall–Kier alpha value is -1.81. The molecule has 0 radical (unpaired) electrons. The number of ether oxygens (including phenoxy) is 2. The molecule has 9 heteroatoms. The number of carboxylic acid groups (broad SMARTS) is 1. The Morgan fingerprint density at radius 1 is 1.10 bits per heavy atom. The average molecular weight is 722 g/mol. The Kier molecular flexibility index (Phi) is 9.33. The van der Waals surface area contributed by atoms with E-state index in [4.69, 9.17) is 25.3 Å². The van der Waals surface area contributed by atoms with Gasteiger partial charge >= 0.3 is 5.97 Å². The van der Waals surface area contributed by atoms with Crippen LogP contribution < -0.4 is 11.1 Å². The second-order valence-corrected chi connectivity index (χ2v) is 21.3. The van der Waals surface area contributed by atoms with Crippen molar-refractivity contribution in [3.05, 3.63) is 23.8 Å². The molecule has 5 fully saturated rings. The highest BCUT2D eigenvalue weighted by Crippen LogP contribution is 2.75. The standard InChI is InChI=1S/C43H71N5O4/c1-26(2)27(3)39(8)18-19-40(9)28-14-15-32-38(7)21-31(48-35(46-25-47-48)30-13-12-20-45-30)34(52-23-42(11,44)37(4,5)6)43(32,24-51-22-38)29(28)16-17-41(40,10)33(39)36(49)50/h16,25-28,30-34,45H,12-15,17-24,44H2,1-11H3,(H,49,50)/t27-,28+,30+,31-,32-,33-,34+,38-,39-,40-,41+,42+,43+/m1/s1. The molecule has 3 heterocycles. The number of rotatable bonds is 8. The number of nitrogens with two attached hydrogens (primary N) is 1. The maximum Gasteiger partial charge on any atom is 0.307 e. The number of nitrogens with zero attached hydrogens (tertiary/aromatic N) is 3. The van der Waals surface area contributed by atoms with Gasteiger partial charge in [-0.3, -0.25) is 4.79 Å². The number of hydrogen-bond donors (Lipinski definition) is 3. The molecule has 292 valence electrons. The molecule has 4 N–H and O–H groups in total. The number of aliphatic carboxylic acids is 1. The van der Waals surface area contributed by atoms with E-state index < -0.39 is 17.4 Å². The Morgan fingerprint density at radius 2 is 1.83 bits per heavy atom.